The van der Waals surface area contributed by atoms with Gasteiger partial charge in [-0.05, 0) is 37.5 Å². The van der Waals surface area contributed by atoms with Crippen molar-refractivity contribution in [3.8, 4) is 5.88 Å². The SMILES string of the molecule is Cc1nsc(Nc2cnc(C(F)(F)F)cn2)c1C(=O)Nc1ccc(OC[C@@H]2CCNC2)nc1. The molecule has 9 nitrogen and oxygen atoms in total. The minimum absolute atomic E-state index is 0.0568. The highest BCUT2D eigenvalue weighted by atomic mass is 32.1. The van der Waals surface area contributed by atoms with Crippen LogP contribution < -0.4 is 20.7 Å². The van der Waals surface area contributed by atoms with E-state index in [1.54, 1.807) is 19.1 Å². The highest BCUT2D eigenvalue weighted by molar-refractivity contribution is 7.10. The van der Waals surface area contributed by atoms with Crippen LogP contribution in [0.25, 0.3) is 0 Å². The van der Waals surface area contributed by atoms with E-state index in [1.807, 2.05) is 0 Å². The number of hydrogen-bond donors (Lipinski definition) is 3. The monoisotopic (exact) mass is 479 g/mol. The van der Waals surface area contributed by atoms with Gasteiger partial charge in [-0.3, -0.25) is 4.79 Å². The van der Waals surface area contributed by atoms with Crippen LogP contribution in [0.2, 0.25) is 0 Å². The van der Waals surface area contributed by atoms with Crippen molar-refractivity contribution in [2.45, 2.75) is 19.5 Å². The Bertz CT molecular complexity index is 1100. The molecule has 0 saturated carbocycles. The molecule has 0 radical (unpaired) electrons. The highest BCUT2D eigenvalue weighted by Gasteiger charge is 2.32. The third kappa shape index (κ3) is 5.73. The van der Waals surface area contributed by atoms with E-state index in [0.717, 1.165) is 37.2 Å². The number of nitrogens with one attached hydrogen (secondary N) is 3. The van der Waals surface area contributed by atoms with E-state index in [9.17, 15) is 18.0 Å². The summed E-state index contributed by atoms with van der Waals surface area (Å²) < 4.78 is 47.8. The molecule has 13 heteroatoms. The lowest BCUT2D eigenvalue weighted by Gasteiger charge is -2.11. The van der Waals surface area contributed by atoms with Gasteiger partial charge >= 0.3 is 6.18 Å². The zero-order chi connectivity index (χ0) is 23.4. The summed E-state index contributed by atoms with van der Waals surface area (Å²) in [5.74, 6) is 0.537. The second-order valence-electron chi connectivity index (χ2n) is 7.39. The Morgan fingerprint density at radius 1 is 1.24 bits per heavy atom. The second-order valence-corrected chi connectivity index (χ2v) is 8.16. The Morgan fingerprint density at radius 3 is 2.73 bits per heavy atom. The summed E-state index contributed by atoms with van der Waals surface area (Å²) >= 11 is 0.988. The van der Waals surface area contributed by atoms with Gasteiger partial charge in [0.2, 0.25) is 5.88 Å². The number of aromatic nitrogens is 4. The lowest BCUT2D eigenvalue weighted by molar-refractivity contribution is -0.141. The maximum atomic E-state index is 12.8. The van der Waals surface area contributed by atoms with Gasteiger partial charge in [0.05, 0.1) is 42.1 Å². The molecule has 0 bridgehead atoms. The van der Waals surface area contributed by atoms with Gasteiger partial charge in [-0.15, -0.1) is 0 Å². The lowest BCUT2D eigenvalue weighted by Crippen LogP contribution is -2.16. The van der Waals surface area contributed by atoms with Crippen LogP contribution in [0, 0.1) is 12.8 Å². The van der Waals surface area contributed by atoms with Crippen molar-refractivity contribution >= 4 is 33.9 Å². The first kappa shape index (κ1) is 22.9. The Balaban J connectivity index is 1.40. The van der Waals surface area contributed by atoms with Crippen LogP contribution in [0.3, 0.4) is 0 Å². The Labute approximate surface area is 191 Å². The van der Waals surface area contributed by atoms with Crippen molar-refractivity contribution in [1.29, 1.82) is 0 Å². The van der Waals surface area contributed by atoms with Crippen molar-refractivity contribution in [3.05, 3.63) is 47.7 Å². The fourth-order valence-corrected chi connectivity index (χ4v) is 3.97. The molecule has 3 N–H and O–H groups in total. The smallest absolute Gasteiger partial charge is 0.434 e. The Kier molecular flexibility index (Phi) is 6.70. The van der Waals surface area contributed by atoms with Gasteiger partial charge in [0.25, 0.3) is 5.91 Å². The maximum Gasteiger partial charge on any atom is 0.434 e. The van der Waals surface area contributed by atoms with Crippen molar-refractivity contribution in [1.82, 2.24) is 24.6 Å². The number of rotatable bonds is 7. The fourth-order valence-electron chi connectivity index (χ4n) is 3.17. The molecule has 1 saturated heterocycles. The van der Waals surface area contributed by atoms with Crippen molar-refractivity contribution in [3.63, 3.8) is 0 Å². The number of carbonyl (C=O) groups excluding carboxylic acids is 1. The van der Waals surface area contributed by atoms with E-state index >= 15 is 0 Å². The number of alkyl halides is 3. The highest BCUT2D eigenvalue weighted by Crippen LogP contribution is 2.30. The second kappa shape index (κ2) is 9.67. The molecule has 4 rings (SSSR count). The molecule has 1 fully saturated rings. The zero-order valence-corrected chi connectivity index (χ0v) is 18.3. The number of carbonyl (C=O) groups is 1. The van der Waals surface area contributed by atoms with Gasteiger partial charge in [-0.2, -0.15) is 17.5 Å². The molecular weight excluding hydrogens is 459 g/mol. The van der Waals surface area contributed by atoms with E-state index < -0.39 is 17.8 Å². The lowest BCUT2D eigenvalue weighted by atomic mass is 10.1. The summed E-state index contributed by atoms with van der Waals surface area (Å²) in [6, 6.07) is 3.35. The van der Waals surface area contributed by atoms with Crippen LogP contribution in [0.1, 0.15) is 28.2 Å². The number of pyridine rings is 1. The van der Waals surface area contributed by atoms with Crippen LogP contribution in [0.15, 0.2) is 30.7 Å². The van der Waals surface area contributed by atoms with Gasteiger partial charge in [0.15, 0.2) is 5.69 Å². The van der Waals surface area contributed by atoms with Gasteiger partial charge < -0.3 is 20.7 Å². The van der Waals surface area contributed by atoms with Gasteiger partial charge in [-0.25, -0.2) is 15.0 Å². The minimum Gasteiger partial charge on any atom is -0.477 e. The topological polar surface area (TPSA) is 114 Å². The number of amides is 1. The quantitative estimate of drug-likeness (QED) is 0.471. The molecule has 1 aliphatic heterocycles. The summed E-state index contributed by atoms with van der Waals surface area (Å²) in [6.45, 7) is 4.15. The van der Waals surface area contributed by atoms with E-state index in [2.05, 4.69) is 35.3 Å². The van der Waals surface area contributed by atoms with Crippen LogP contribution >= 0.6 is 11.5 Å². The molecular formula is C20H20F3N7O2S. The Morgan fingerprint density at radius 2 is 2.09 bits per heavy atom. The number of hydrogen-bond acceptors (Lipinski definition) is 9. The summed E-state index contributed by atoms with van der Waals surface area (Å²) in [7, 11) is 0. The number of anilines is 3. The van der Waals surface area contributed by atoms with Crippen molar-refractivity contribution in [2.75, 3.05) is 30.3 Å². The van der Waals surface area contributed by atoms with E-state index in [-0.39, 0.29) is 11.4 Å². The zero-order valence-electron chi connectivity index (χ0n) is 17.4. The number of ether oxygens (including phenoxy) is 1. The average molecular weight is 479 g/mol. The first-order chi connectivity index (χ1) is 15.8. The molecule has 0 unspecified atom stereocenters. The van der Waals surface area contributed by atoms with Gasteiger partial charge in [0, 0.05) is 18.5 Å². The Hall–Kier alpha value is -3.32. The third-order valence-electron chi connectivity index (χ3n) is 4.90. The van der Waals surface area contributed by atoms with Crippen LogP contribution in [0.4, 0.5) is 29.7 Å². The molecule has 3 aromatic heterocycles. The van der Waals surface area contributed by atoms with Crippen LogP contribution in [-0.2, 0) is 6.18 Å². The van der Waals surface area contributed by atoms with Crippen molar-refractivity contribution < 1.29 is 22.7 Å². The predicted molar refractivity (Wildman–Crippen MR) is 116 cm³/mol. The van der Waals surface area contributed by atoms with Crippen LogP contribution in [0.5, 0.6) is 5.88 Å². The molecule has 33 heavy (non-hydrogen) atoms. The molecule has 0 aliphatic carbocycles. The first-order valence-electron chi connectivity index (χ1n) is 10.0. The standard InChI is InChI=1S/C20H20F3N7O2S/c1-11-17(19(33-30-11)29-15-9-25-14(8-26-15)20(21,22)23)18(31)28-13-2-3-16(27-7-13)32-10-12-4-5-24-6-12/h2-3,7-9,12,24H,4-6,10H2,1H3,(H,26,29)(H,28,31)/t12-/m1/s1. The van der Waals surface area contributed by atoms with E-state index in [1.165, 1.54) is 6.20 Å². The van der Waals surface area contributed by atoms with Crippen molar-refractivity contribution in [2.24, 2.45) is 5.92 Å². The maximum absolute atomic E-state index is 12.8. The van der Waals surface area contributed by atoms with E-state index in [0.29, 0.717) is 41.0 Å². The number of aryl methyl sites for hydroxylation is 1. The predicted octanol–water partition coefficient (Wildman–Crippen LogP) is 3.64. The average Bonchev–Trinajstić information content (AvgIpc) is 3.43. The molecule has 1 atom stereocenters. The van der Waals surface area contributed by atoms with E-state index in [4.69, 9.17) is 4.74 Å². The molecule has 174 valence electrons. The third-order valence-corrected chi connectivity index (χ3v) is 5.75. The molecule has 1 aliphatic rings. The van der Waals surface area contributed by atoms with Crippen LogP contribution in [-0.4, -0.2) is 44.9 Å². The normalized spacial score (nSPS) is 15.9. The number of halogens is 3. The fraction of sp³-hybridized carbons (Fsp3) is 0.350. The first-order valence-corrected chi connectivity index (χ1v) is 10.8. The molecule has 0 spiro atoms. The number of nitrogens with zero attached hydrogens (tertiary/aromatic N) is 4. The summed E-state index contributed by atoms with van der Waals surface area (Å²) in [5, 5.41) is 9.15. The minimum atomic E-state index is -4.58. The summed E-state index contributed by atoms with van der Waals surface area (Å²) in [5.41, 5.74) is 0.0563. The summed E-state index contributed by atoms with van der Waals surface area (Å²) in [6.07, 6.45) is -0.460. The molecule has 0 aromatic carbocycles. The van der Waals surface area contributed by atoms with Gasteiger partial charge in [0.1, 0.15) is 10.8 Å². The largest absolute Gasteiger partial charge is 0.477 e. The molecule has 4 heterocycles. The van der Waals surface area contributed by atoms with Gasteiger partial charge in [-0.1, -0.05) is 0 Å². The summed E-state index contributed by atoms with van der Waals surface area (Å²) in [4.78, 5) is 24.1. The molecule has 3 aromatic rings. The molecule has 1 amide bonds.